The highest BCUT2D eigenvalue weighted by molar-refractivity contribution is 7.99. The van der Waals surface area contributed by atoms with E-state index in [4.69, 9.17) is 0 Å². The second kappa shape index (κ2) is 6.66. The van der Waals surface area contributed by atoms with E-state index >= 15 is 0 Å². The smallest absolute Gasteiger partial charge is 0.0992 e. The van der Waals surface area contributed by atoms with Crippen LogP contribution in [0.1, 0.15) is 12.5 Å². The zero-order valence-electron chi connectivity index (χ0n) is 13.8. The van der Waals surface area contributed by atoms with Gasteiger partial charge in [0.2, 0.25) is 0 Å². The number of nitriles is 1. The molecule has 0 N–H and O–H groups in total. The molecule has 0 aliphatic carbocycles. The zero-order valence-corrected chi connectivity index (χ0v) is 14.6. The van der Waals surface area contributed by atoms with E-state index < -0.39 is 0 Å². The lowest BCUT2D eigenvalue weighted by molar-refractivity contribution is 0.343. The Kier molecular flexibility index (Phi) is 4.61. The number of fused-ring (bicyclic) bond motifs is 2. The first-order valence-electron chi connectivity index (χ1n) is 7.82. The Hall–Kier alpha value is -1.96. The standard InChI is InChI=1S/C19H21N3S/c1-14(12-21(2)3)13-22-16-6-4-5-7-18(16)23-19-9-8-15(11-20)10-17(19)22/h4-10,14H,12-13H2,1-3H3/t14-/m0/s1. The number of nitrogens with zero attached hydrogens (tertiary/aromatic N) is 3. The van der Waals surface area contributed by atoms with Crippen LogP contribution in [0.15, 0.2) is 52.3 Å². The Labute approximate surface area is 142 Å². The first kappa shape index (κ1) is 15.9. The summed E-state index contributed by atoms with van der Waals surface area (Å²) in [6, 6.07) is 16.8. The maximum absolute atomic E-state index is 9.24. The molecule has 0 bridgehead atoms. The summed E-state index contributed by atoms with van der Waals surface area (Å²) in [7, 11) is 4.22. The monoisotopic (exact) mass is 323 g/mol. The molecule has 0 radical (unpaired) electrons. The van der Waals surface area contributed by atoms with Gasteiger partial charge in [0.1, 0.15) is 0 Å². The molecule has 0 fully saturated rings. The molecule has 0 aromatic heterocycles. The molecule has 1 atom stereocenters. The number of rotatable bonds is 4. The van der Waals surface area contributed by atoms with Crippen LogP contribution in [0, 0.1) is 17.2 Å². The lowest BCUT2D eigenvalue weighted by Crippen LogP contribution is -2.31. The van der Waals surface area contributed by atoms with Crippen LogP contribution < -0.4 is 4.90 Å². The quantitative estimate of drug-likeness (QED) is 0.836. The normalized spacial score (nSPS) is 14.1. The molecule has 118 valence electrons. The van der Waals surface area contributed by atoms with Crippen molar-refractivity contribution in [1.29, 1.82) is 5.26 Å². The van der Waals surface area contributed by atoms with Crippen molar-refractivity contribution in [3.8, 4) is 6.07 Å². The summed E-state index contributed by atoms with van der Waals surface area (Å²) in [4.78, 5) is 7.10. The van der Waals surface area contributed by atoms with Gasteiger partial charge in [-0.25, -0.2) is 0 Å². The van der Waals surface area contributed by atoms with Gasteiger partial charge in [0.25, 0.3) is 0 Å². The molecule has 1 heterocycles. The van der Waals surface area contributed by atoms with Crippen molar-refractivity contribution >= 4 is 23.1 Å². The van der Waals surface area contributed by atoms with Crippen molar-refractivity contribution in [2.45, 2.75) is 16.7 Å². The third-order valence-corrected chi connectivity index (χ3v) is 5.06. The van der Waals surface area contributed by atoms with E-state index in [-0.39, 0.29) is 0 Å². The van der Waals surface area contributed by atoms with Crippen LogP contribution >= 0.6 is 11.8 Å². The highest BCUT2D eigenvalue weighted by Crippen LogP contribution is 2.48. The van der Waals surface area contributed by atoms with Gasteiger partial charge in [-0.05, 0) is 50.3 Å². The third kappa shape index (κ3) is 3.36. The molecule has 0 amide bonds. The highest BCUT2D eigenvalue weighted by Gasteiger charge is 2.24. The van der Waals surface area contributed by atoms with E-state index in [0.29, 0.717) is 11.5 Å². The molecule has 0 unspecified atom stereocenters. The van der Waals surface area contributed by atoms with E-state index in [1.54, 1.807) is 11.8 Å². The van der Waals surface area contributed by atoms with Crippen LogP contribution in [-0.2, 0) is 0 Å². The van der Waals surface area contributed by atoms with Crippen molar-refractivity contribution < 1.29 is 0 Å². The SMILES string of the molecule is C[C@@H](CN(C)C)CN1c2ccccc2Sc2ccc(C#N)cc21. The second-order valence-corrected chi connectivity index (χ2v) is 7.43. The van der Waals surface area contributed by atoms with Crippen LogP contribution in [-0.4, -0.2) is 32.1 Å². The molecule has 1 aliphatic heterocycles. The largest absolute Gasteiger partial charge is 0.339 e. The van der Waals surface area contributed by atoms with Gasteiger partial charge in [-0.3, -0.25) is 0 Å². The van der Waals surface area contributed by atoms with Crippen LogP contribution in [0.25, 0.3) is 0 Å². The van der Waals surface area contributed by atoms with Crippen molar-refractivity contribution in [3.63, 3.8) is 0 Å². The Balaban J connectivity index is 2.01. The van der Waals surface area contributed by atoms with E-state index in [9.17, 15) is 5.26 Å². The average Bonchev–Trinajstić information content (AvgIpc) is 2.53. The molecule has 1 aliphatic rings. The van der Waals surface area contributed by atoms with E-state index in [1.807, 2.05) is 12.1 Å². The molecule has 2 aromatic carbocycles. The topological polar surface area (TPSA) is 30.3 Å². The molecule has 4 heteroatoms. The lowest BCUT2D eigenvalue weighted by atomic mass is 10.1. The Morgan fingerprint density at radius 2 is 1.87 bits per heavy atom. The van der Waals surface area contributed by atoms with Crippen LogP contribution in [0.2, 0.25) is 0 Å². The van der Waals surface area contributed by atoms with Gasteiger partial charge in [-0.2, -0.15) is 5.26 Å². The molecule has 2 aromatic rings. The molecular weight excluding hydrogens is 302 g/mol. The van der Waals surface area contributed by atoms with Gasteiger partial charge < -0.3 is 9.80 Å². The zero-order chi connectivity index (χ0) is 16.4. The molecule has 0 saturated carbocycles. The third-order valence-electron chi connectivity index (χ3n) is 3.93. The summed E-state index contributed by atoms with van der Waals surface area (Å²) >= 11 is 1.78. The van der Waals surface area contributed by atoms with Gasteiger partial charge in [0, 0.05) is 22.9 Å². The number of anilines is 2. The van der Waals surface area contributed by atoms with Crippen molar-refractivity contribution in [2.75, 3.05) is 32.1 Å². The fourth-order valence-electron chi connectivity index (χ4n) is 3.09. The highest BCUT2D eigenvalue weighted by atomic mass is 32.2. The summed E-state index contributed by atoms with van der Waals surface area (Å²) in [5.41, 5.74) is 3.11. The first-order chi connectivity index (χ1) is 11.1. The summed E-state index contributed by atoms with van der Waals surface area (Å²) in [6.45, 7) is 4.26. The fourth-order valence-corrected chi connectivity index (χ4v) is 4.16. The maximum atomic E-state index is 9.24. The second-order valence-electron chi connectivity index (χ2n) is 6.34. The van der Waals surface area contributed by atoms with E-state index in [2.05, 4.69) is 67.2 Å². The van der Waals surface area contributed by atoms with Crippen LogP contribution in [0.3, 0.4) is 0 Å². The van der Waals surface area contributed by atoms with Gasteiger partial charge in [0.15, 0.2) is 0 Å². The molecule has 3 rings (SSSR count). The summed E-state index contributed by atoms with van der Waals surface area (Å²) in [6.07, 6.45) is 0. The summed E-state index contributed by atoms with van der Waals surface area (Å²) in [5, 5.41) is 9.24. The van der Waals surface area contributed by atoms with Crippen molar-refractivity contribution in [1.82, 2.24) is 4.90 Å². The minimum Gasteiger partial charge on any atom is -0.339 e. The van der Waals surface area contributed by atoms with Crippen molar-refractivity contribution in [3.05, 3.63) is 48.0 Å². The Morgan fingerprint density at radius 1 is 1.13 bits per heavy atom. The van der Waals surface area contributed by atoms with Crippen molar-refractivity contribution in [2.24, 2.45) is 5.92 Å². The Morgan fingerprint density at radius 3 is 2.61 bits per heavy atom. The van der Waals surface area contributed by atoms with Gasteiger partial charge in [0.05, 0.1) is 23.0 Å². The first-order valence-corrected chi connectivity index (χ1v) is 8.63. The number of hydrogen-bond donors (Lipinski definition) is 0. The molecular formula is C19H21N3S. The van der Waals surface area contributed by atoms with Gasteiger partial charge in [-0.1, -0.05) is 30.8 Å². The van der Waals surface area contributed by atoms with Gasteiger partial charge in [-0.15, -0.1) is 0 Å². The maximum Gasteiger partial charge on any atom is 0.0992 e. The summed E-state index contributed by atoms with van der Waals surface area (Å²) in [5.74, 6) is 0.528. The minimum atomic E-state index is 0.528. The number of para-hydroxylation sites is 1. The van der Waals surface area contributed by atoms with Crippen LogP contribution in [0.4, 0.5) is 11.4 Å². The summed E-state index contributed by atoms with van der Waals surface area (Å²) < 4.78 is 0. The molecule has 0 spiro atoms. The molecule has 3 nitrogen and oxygen atoms in total. The number of hydrogen-bond acceptors (Lipinski definition) is 4. The van der Waals surface area contributed by atoms with E-state index in [0.717, 1.165) is 18.8 Å². The predicted octanol–water partition coefficient (Wildman–Crippen LogP) is 4.36. The van der Waals surface area contributed by atoms with Crippen LogP contribution in [0.5, 0.6) is 0 Å². The predicted molar refractivity (Wildman–Crippen MR) is 96.4 cm³/mol. The average molecular weight is 323 g/mol. The number of benzene rings is 2. The lowest BCUT2D eigenvalue weighted by Gasteiger charge is -2.35. The minimum absolute atomic E-state index is 0.528. The molecule has 23 heavy (non-hydrogen) atoms. The Bertz CT molecular complexity index is 749. The van der Waals surface area contributed by atoms with Gasteiger partial charge >= 0.3 is 0 Å². The fraction of sp³-hybridized carbons (Fsp3) is 0.316. The van der Waals surface area contributed by atoms with E-state index in [1.165, 1.54) is 15.5 Å². The molecule has 0 saturated heterocycles.